The molecule has 0 aromatic heterocycles. The van der Waals surface area contributed by atoms with E-state index in [1.165, 1.54) is 11.1 Å². The van der Waals surface area contributed by atoms with Gasteiger partial charge in [0, 0.05) is 34.1 Å². The summed E-state index contributed by atoms with van der Waals surface area (Å²) < 4.78 is 0. The molecule has 0 amide bonds. The fourth-order valence-corrected chi connectivity index (χ4v) is 7.28. The molecule has 1 aliphatic rings. The van der Waals surface area contributed by atoms with E-state index in [-0.39, 0.29) is 0 Å². The Labute approximate surface area is 317 Å². The first-order valence-corrected chi connectivity index (χ1v) is 18.5. The first-order chi connectivity index (χ1) is 26.8. The lowest BCUT2D eigenvalue weighted by atomic mass is 9.95. The molecule has 0 radical (unpaired) electrons. The Morgan fingerprint density at radius 2 is 0.556 bits per heavy atom. The topological polar surface area (TPSA) is 31.2 Å². The number of nitrogens with zero attached hydrogens (tertiary/aromatic N) is 4. The zero-order valence-electron chi connectivity index (χ0n) is 29.8. The van der Waals surface area contributed by atoms with E-state index >= 15 is 0 Å². The molecule has 0 aliphatic carbocycles. The number of benzene rings is 8. The summed E-state index contributed by atoms with van der Waals surface area (Å²) in [6, 6.07) is 72.7. The summed E-state index contributed by atoms with van der Waals surface area (Å²) in [5.74, 6) is 0. The summed E-state index contributed by atoms with van der Waals surface area (Å²) in [6.45, 7) is 0. The van der Waals surface area contributed by atoms with Gasteiger partial charge in [0.25, 0.3) is 0 Å². The summed E-state index contributed by atoms with van der Waals surface area (Å²) in [5.41, 5.74) is 15.5. The van der Waals surface area contributed by atoms with Gasteiger partial charge in [-0.2, -0.15) is 10.2 Å². The second-order valence-electron chi connectivity index (χ2n) is 13.5. The van der Waals surface area contributed by atoms with Crippen molar-refractivity contribution in [3.63, 3.8) is 0 Å². The van der Waals surface area contributed by atoms with Crippen LogP contribution >= 0.6 is 0 Å². The van der Waals surface area contributed by atoms with E-state index in [9.17, 15) is 0 Å². The third kappa shape index (κ3) is 6.81. The Hall–Kier alpha value is -7.04. The molecule has 0 saturated carbocycles. The summed E-state index contributed by atoms with van der Waals surface area (Å²) in [7, 11) is 0. The van der Waals surface area contributed by atoms with Crippen molar-refractivity contribution >= 4 is 45.5 Å². The molecular formula is C50H38N4. The first kappa shape index (κ1) is 32.8. The minimum Gasteiger partial charge on any atom is -0.311 e. The van der Waals surface area contributed by atoms with Gasteiger partial charge in [0.15, 0.2) is 0 Å². The molecule has 0 atom stereocenters. The highest BCUT2D eigenvalue weighted by atomic mass is 15.1. The molecule has 8 aromatic carbocycles. The van der Waals surface area contributed by atoms with Crippen LogP contribution in [0.15, 0.2) is 216 Å². The number of hydrogen-bond donors (Lipinski definition) is 0. The van der Waals surface area contributed by atoms with E-state index in [2.05, 4.69) is 216 Å². The van der Waals surface area contributed by atoms with Gasteiger partial charge < -0.3 is 9.80 Å². The number of aryl methyl sites for hydroxylation is 2. The number of anilines is 6. The minimum atomic E-state index is 0.909. The fraction of sp³-hybridized carbons (Fsp3) is 0.0400. The van der Waals surface area contributed by atoms with Gasteiger partial charge in [-0.15, -0.1) is 0 Å². The highest BCUT2D eigenvalue weighted by molar-refractivity contribution is 5.80. The number of rotatable bonds is 8. The summed E-state index contributed by atoms with van der Waals surface area (Å²) in [5, 5.41) is 9.70. The average Bonchev–Trinajstić information content (AvgIpc) is 3.24. The molecule has 0 saturated heterocycles. The molecule has 0 spiro atoms. The van der Waals surface area contributed by atoms with Gasteiger partial charge in [-0.05, 0) is 131 Å². The second kappa shape index (κ2) is 14.9. The first-order valence-electron chi connectivity index (χ1n) is 18.5. The van der Waals surface area contributed by atoms with Gasteiger partial charge in [0.05, 0.1) is 11.4 Å². The second-order valence-corrected chi connectivity index (χ2v) is 13.5. The molecule has 0 fully saturated rings. The molecule has 4 nitrogen and oxygen atoms in total. The van der Waals surface area contributed by atoms with Crippen molar-refractivity contribution in [3.05, 3.63) is 217 Å². The van der Waals surface area contributed by atoms with E-state index < -0.39 is 0 Å². The fourth-order valence-electron chi connectivity index (χ4n) is 7.28. The van der Waals surface area contributed by atoms with Crippen LogP contribution in [0, 0.1) is 0 Å². The highest BCUT2D eigenvalue weighted by Gasteiger charge is 2.16. The van der Waals surface area contributed by atoms with E-state index in [0.29, 0.717) is 0 Å². The summed E-state index contributed by atoms with van der Waals surface area (Å²) in [6.07, 6.45) is 1.82. The van der Waals surface area contributed by atoms with Crippen molar-refractivity contribution in [1.29, 1.82) is 0 Å². The molecule has 258 valence electrons. The van der Waals surface area contributed by atoms with Crippen LogP contribution in [0.4, 0.5) is 45.5 Å². The van der Waals surface area contributed by atoms with E-state index in [4.69, 9.17) is 10.2 Å². The average molecular weight is 695 g/mol. The lowest BCUT2D eigenvalue weighted by Crippen LogP contribution is -2.09. The van der Waals surface area contributed by atoms with Crippen molar-refractivity contribution in [2.45, 2.75) is 12.8 Å². The molecule has 54 heavy (non-hydrogen) atoms. The maximum absolute atomic E-state index is 4.85. The van der Waals surface area contributed by atoms with Gasteiger partial charge in [0.1, 0.15) is 0 Å². The summed E-state index contributed by atoms with van der Waals surface area (Å²) in [4.78, 5) is 4.56. The Morgan fingerprint density at radius 3 is 0.870 bits per heavy atom. The normalized spacial score (nSPS) is 11.9. The van der Waals surface area contributed by atoms with Gasteiger partial charge in [0.2, 0.25) is 0 Å². The number of azo groups is 1. The molecule has 1 heterocycles. The maximum Gasteiger partial charge on any atom is 0.0895 e. The molecule has 1 aliphatic heterocycles. The van der Waals surface area contributed by atoms with Gasteiger partial charge in [-0.25, -0.2) is 0 Å². The minimum absolute atomic E-state index is 0.909. The molecule has 9 rings (SSSR count). The van der Waals surface area contributed by atoms with Crippen molar-refractivity contribution in [2.75, 3.05) is 9.80 Å². The van der Waals surface area contributed by atoms with Gasteiger partial charge >= 0.3 is 0 Å². The maximum atomic E-state index is 4.85. The van der Waals surface area contributed by atoms with Crippen LogP contribution in [0.1, 0.15) is 11.1 Å². The van der Waals surface area contributed by atoms with Crippen molar-refractivity contribution < 1.29 is 0 Å². The van der Waals surface area contributed by atoms with Crippen molar-refractivity contribution in [2.24, 2.45) is 10.2 Å². The number of para-hydroxylation sites is 4. The molecule has 0 bridgehead atoms. The Kier molecular flexibility index (Phi) is 9.06. The summed E-state index contributed by atoms with van der Waals surface area (Å²) >= 11 is 0. The molecule has 0 unspecified atom stereocenters. The van der Waals surface area contributed by atoms with Gasteiger partial charge in [-0.3, -0.25) is 0 Å². The number of hydrogen-bond acceptors (Lipinski definition) is 4. The van der Waals surface area contributed by atoms with Crippen molar-refractivity contribution in [3.8, 4) is 22.3 Å². The van der Waals surface area contributed by atoms with E-state index in [1.54, 1.807) is 0 Å². The standard InChI is InChI=1S/C50H38N4/c1-5-13-43(14-6-1)53(44-15-7-2-8-16-44)47-31-27-37(28-32-47)41-25-23-39-21-22-40-24-26-42(36-50(40)52-51-49(39)35-41)38-29-33-48(34-30-38)54(45-17-9-3-10-18-45)46-19-11-4-12-20-46/h1-20,23-36H,21-22H2. The number of fused-ring (bicyclic) bond motifs is 2. The van der Waals surface area contributed by atoms with Crippen LogP contribution in [0.3, 0.4) is 0 Å². The Balaban J connectivity index is 0.975. The predicted octanol–water partition coefficient (Wildman–Crippen LogP) is 14.5. The lowest BCUT2D eigenvalue weighted by molar-refractivity contribution is 0.936. The molecular weight excluding hydrogens is 657 g/mol. The highest BCUT2D eigenvalue weighted by Crippen LogP contribution is 2.39. The Morgan fingerprint density at radius 1 is 0.278 bits per heavy atom. The predicted molar refractivity (Wildman–Crippen MR) is 225 cm³/mol. The van der Waals surface area contributed by atoms with Crippen LogP contribution in [0.25, 0.3) is 22.3 Å². The molecule has 4 heteroatoms. The van der Waals surface area contributed by atoms with Crippen LogP contribution in [0.5, 0.6) is 0 Å². The quantitative estimate of drug-likeness (QED) is 0.159. The van der Waals surface area contributed by atoms with E-state index in [0.717, 1.165) is 80.6 Å². The van der Waals surface area contributed by atoms with Crippen LogP contribution in [-0.2, 0) is 12.8 Å². The zero-order valence-corrected chi connectivity index (χ0v) is 29.8. The Bertz CT molecular complexity index is 2260. The van der Waals surface area contributed by atoms with Crippen LogP contribution < -0.4 is 9.80 Å². The zero-order chi connectivity index (χ0) is 36.1. The lowest BCUT2D eigenvalue weighted by Gasteiger charge is -2.25. The SMILES string of the molecule is c1ccc(N(c2ccccc2)c2ccc(-c3ccc4c(c3)N=Nc3cc(-c5ccc(N(c6ccccc6)c6ccccc6)cc5)ccc3CC4)cc2)cc1. The van der Waals surface area contributed by atoms with E-state index in [1.807, 2.05) is 0 Å². The molecule has 8 aromatic rings. The molecule has 0 N–H and O–H groups in total. The monoisotopic (exact) mass is 694 g/mol. The smallest absolute Gasteiger partial charge is 0.0895 e. The third-order valence-electron chi connectivity index (χ3n) is 10.1. The largest absolute Gasteiger partial charge is 0.311 e. The van der Waals surface area contributed by atoms with Crippen LogP contribution in [0.2, 0.25) is 0 Å². The van der Waals surface area contributed by atoms with Crippen molar-refractivity contribution in [1.82, 2.24) is 0 Å². The third-order valence-corrected chi connectivity index (χ3v) is 10.1. The van der Waals surface area contributed by atoms with Crippen LogP contribution in [-0.4, -0.2) is 0 Å². The van der Waals surface area contributed by atoms with Gasteiger partial charge in [-0.1, -0.05) is 121 Å².